The monoisotopic (exact) mass is 303 g/mol. The number of aryl methyl sites for hydroxylation is 2. The number of anilines is 1. The first-order chi connectivity index (χ1) is 8.58. The van der Waals surface area contributed by atoms with Crippen LogP contribution in [0, 0.1) is 13.8 Å². The fraction of sp³-hybridized carbons (Fsp3) is 0.143. The number of azo groups is 1. The molecule has 0 atom stereocenters. The van der Waals surface area contributed by atoms with E-state index in [0.717, 1.165) is 32.7 Å². The molecule has 0 heterocycles. The molecule has 0 radical (unpaired) electrons. The molecule has 0 saturated heterocycles. The van der Waals surface area contributed by atoms with Crippen LogP contribution in [0.2, 0.25) is 0 Å². The molecule has 0 aliphatic heterocycles. The lowest BCUT2D eigenvalue weighted by molar-refractivity contribution is 1.20. The highest BCUT2D eigenvalue weighted by Gasteiger charge is 2.02. The number of hydrogen-bond acceptors (Lipinski definition) is 3. The van der Waals surface area contributed by atoms with Crippen molar-refractivity contribution in [3.8, 4) is 0 Å². The first-order valence-corrected chi connectivity index (χ1v) is 6.40. The molecule has 4 heteroatoms. The number of nitrogens with zero attached hydrogens (tertiary/aromatic N) is 2. The van der Waals surface area contributed by atoms with Crippen LogP contribution in [0.4, 0.5) is 17.1 Å². The van der Waals surface area contributed by atoms with E-state index in [1.807, 2.05) is 50.2 Å². The largest absolute Gasteiger partial charge is 0.398 e. The molecule has 92 valence electrons. The average Bonchev–Trinajstić information content (AvgIpc) is 2.35. The Morgan fingerprint density at radius 2 is 1.72 bits per heavy atom. The van der Waals surface area contributed by atoms with E-state index in [1.165, 1.54) is 0 Å². The van der Waals surface area contributed by atoms with Gasteiger partial charge in [-0.05, 0) is 59.1 Å². The molecule has 0 aliphatic carbocycles. The Morgan fingerprint density at radius 3 is 2.39 bits per heavy atom. The number of rotatable bonds is 2. The summed E-state index contributed by atoms with van der Waals surface area (Å²) in [6.07, 6.45) is 0. The fourth-order valence-electron chi connectivity index (χ4n) is 1.58. The molecule has 0 aliphatic rings. The zero-order chi connectivity index (χ0) is 13.1. The summed E-state index contributed by atoms with van der Waals surface area (Å²) in [5.74, 6) is 0. The maximum atomic E-state index is 5.86. The van der Waals surface area contributed by atoms with Gasteiger partial charge in [-0.15, -0.1) is 0 Å². The van der Waals surface area contributed by atoms with Crippen molar-refractivity contribution in [3.63, 3.8) is 0 Å². The Kier molecular flexibility index (Phi) is 3.77. The first kappa shape index (κ1) is 12.8. The number of benzene rings is 2. The lowest BCUT2D eigenvalue weighted by atomic mass is 10.2. The molecule has 0 unspecified atom stereocenters. The van der Waals surface area contributed by atoms with Crippen molar-refractivity contribution in [1.82, 2.24) is 0 Å². The molecule has 0 aromatic heterocycles. The van der Waals surface area contributed by atoms with Crippen molar-refractivity contribution in [3.05, 3.63) is 52.0 Å². The van der Waals surface area contributed by atoms with Crippen LogP contribution < -0.4 is 5.73 Å². The summed E-state index contributed by atoms with van der Waals surface area (Å²) in [6, 6.07) is 11.7. The van der Waals surface area contributed by atoms with Crippen LogP contribution in [-0.2, 0) is 0 Å². The summed E-state index contributed by atoms with van der Waals surface area (Å²) in [6.45, 7) is 3.96. The molecule has 0 fully saturated rings. The topological polar surface area (TPSA) is 50.7 Å². The summed E-state index contributed by atoms with van der Waals surface area (Å²) in [7, 11) is 0. The van der Waals surface area contributed by atoms with Gasteiger partial charge in [0.2, 0.25) is 0 Å². The van der Waals surface area contributed by atoms with Crippen LogP contribution in [-0.4, -0.2) is 0 Å². The van der Waals surface area contributed by atoms with Gasteiger partial charge in [-0.1, -0.05) is 18.2 Å². The minimum Gasteiger partial charge on any atom is -0.398 e. The van der Waals surface area contributed by atoms with Gasteiger partial charge in [-0.25, -0.2) is 0 Å². The van der Waals surface area contributed by atoms with E-state index in [9.17, 15) is 0 Å². The highest BCUT2D eigenvalue weighted by molar-refractivity contribution is 9.10. The molecule has 0 amide bonds. The van der Waals surface area contributed by atoms with Gasteiger partial charge < -0.3 is 5.73 Å². The van der Waals surface area contributed by atoms with Crippen LogP contribution >= 0.6 is 15.9 Å². The third-order valence-corrected chi connectivity index (χ3v) is 3.37. The van der Waals surface area contributed by atoms with E-state index in [-0.39, 0.29) is 0 Å². The van der Waals surface area contributed by atoms with Crippen molar-refractivity contribution in [1.29, 1.82) is 0 Å². The van der Waals surface area contributed by atoms with E-state index in [4.69, 9.17) is 5.73 Å². The summed E-state index contributed by atoms with van der Waals surface area (Å²) in [5, 5.41) is 8.49. The van der Waals surface area contributed by atoms with Gasteiger partial charge in [-0.3, -0.25) is 0 Å². The second-order valence-corrected chi connectivity index (χ2v) is 5.00. The lowest BCUT2D eigenvalue weighted by Gasteiger charge is -2.04. The molecule has 2 rings (SSSR count). The molecular formula is C14H14BrN3. The second kappa shape index (κ2) is 5.31. The van der Waals surface area contributed by atoms with Crippen LogP contribution in [0.15, 0.2) is 51.1 Å². The number of halogens is 1. The smallest absolute Gasteiger partial charge is 0.0886 e. The van der Waals surface area contributed by atoms with Crippen molar-refractivity contribution in [2.45, 2.75) is 13.8 Å². The van der Waals surface area contributed by atoms with Crippen molar-refractivity contribution in [2.24, 2.45) is 10.2 Å². The number of hydrogen-bond donors (Lipinski definition) is 1. The maximum Gasteiger partial charge on any atom is 0.0886 e. The van der Waals surface area contributed by atoms with E-state index in [2.05, 4.69) is 26.2 Å². The molecule has 18 heavy (non-hydrogen) atoms. The van der Waals surface area contributed by atoms with Gasteiger partial charge in [-0.2, -0.15) is 10.2 Å². The van der Waals surface area contributed by atoms with E-state index in [1.54, 1.807) is 0 Å². The third-order valence-electron chi connectivity index (χ3n) is 2.71. The van der Waals surface area contributed by atoms with Gasteiger partial charge in [0.25, 0.3) is 0 Å². The van der Waals surface area contributed by atoms with E-state index >= 15 is 0 Å². The Hall–Kier alpha value is -1.68. The van der Waals surface area contributed by atoms with E-state index in [0.29, 0.717) is 0 Å². The SMILES string of the molecule is Cc1ccccc1N=Nc1cc(C)c(N)c(Br)c1. The second-order valence-electron chi connectivity index (χ2n) is 4.14. The van der Waals surface area contributed by atoms with Crippen LogP contribution in [0.25, 0.3) is 0 Å². The van der Waals surface area contributed by atoms with Crippen molar-refractivity contribution >= 4 is 33.0 Å². The minimum atomic E-state index is 0.741. The highest BCUT2D eigenvalue weighted by atomic mass is 79.9. The van der Waals surface area contributed by atoms with E-state index < -0.39 is 0 Å². The Labute approximate surface area is 115 Å². The quantitative estimate of drug-likeness (QED) is 0.611. The lowest BCUT2D eigenvalue weighted by Crippen LogP contribution is -1.89. The molecule has 2 aromatic rings. The van der Waals surface area contributed by atoms with Gasteiger partial charge in [0, 0.05) is 10.2 Å². The van der Waals surface area contributed by atoms with Gasteiger partial charge >= 0.3 is 0 Å². The molecule has 2 aromatic carbocycles. The van der Waals surface area contributed by atoms with Crippen LogP contribution in [0.3, 0.4) is 0 Å². The minimum absolute atomic E-state index is 0.741. The predicted molar refractivity (Wildman–Crippen MR) is 78.6 cm³/mol. The molecular weight excluding hydrogens is 290 g/mol. The average molecular weight is 304 g/mol. The van der Waals surface area contributed by atoms with Gasteiger partial charge in [0.05, 0.1) is 11.4 Å². The first-order valence-electron chi connectivity index (χ1n) is 5.61. The molecule has 0 bridgehead atoms. The van der Waals surface area contributed by atoms with Crippen molar-refractivity contribution in [2.75, 3.05) is 5.73 Å². The summed E-state index contributed by atoms with van der Waals surface area (Å²) in [5.41, 5.74) is 10.4. The third kappa shape index (κ3) is 2.76. The van der Waals surface area contributed by atoms with Crippen molar-refractivity contribution < 1.29 is 0 Å². The fourth-order valence-corrected chi connectivity index (χ4v) is 2.13. The Bertz CT molecular complexity index is 583. The predicted octanol–water partition coefficient (Wildman–Crippen LogP) is 5.06. The van der Waals surface area contributed by atoms with Gasteiger partial charge in [0.15, 0.2) is 0 Å². The van der Waals surface area contributed by atoms with Crippen LogP contribution in [0.5, 0.6) is 0 Å². The number of nitrogens with two attached hydrogens (primary N) is 1. The standard InChI is InChI=1S/C14H14BrN3/c1-9-5-3-4-6-13(9)18-17-11-7-10(2)14(16)12(15)8-11/h3-8H,16H2,1-2H3. The highest BCUT2D eigenvalue weighted by Crippen LogP contribution is 2.30. The maximum absolute atomic E-state index is 5.86. The molecule has 3 nitrogen and oxygen atoms in total. The molecule has 0 spiro atoms. The summed E-state index contributed by atoms with van der Waals surface area (Å²) >= 11 is 3.41. The van der Waals surface area contributed by atoms with Gasteiger partial charge in [0.1, 0.15) is 0 Å². The van der Waals surface area contributed by atoms with Crippen LogP contribution in [0.1, 0.15) is 11.1 Å². The molecule has 0 saturated carbocycles. The number of nitrogen functional groups attached to an aromatic ring is 1. The zero-order valence-corrected chi connectivity index (χ0v) is 11.9. The zero-order valence-electron chi connectivity index (χ0n) is 10.3. The Balaban J connectivity index is 2.33. The summed E-state index contributed by atoms with van der Waals surface area (Å²) < 4.78 is 0.848. The Morgan fingerprint density at radius 1 is 1.00 bits per heavy atom. The summed E-state index contributed by atoms with van der Waals surface area (Å²) in [4.78, 5) is 0. The normalized spacial score (nSPS) is 11.1. The molecule has 2 N–H and O–H groups in total.